The Hall–Kier alpha value is -0.900. The fourth-order valence-corrected chi connectivity index (χ4v) is 3.24. The van der Waals surface area contributed by atoms with Gasteiger partial charge in [-0.15, -0.1) is 0 Å². The summed E-state index contributed by atoms with van der Waals surface area (Å²) in [5.74, 6) is 0.627. The van der Waals surface area contributed by atoms with Crippen molar-refractivity contribution in [2.45, 2.75) is 51.2 Å². The average Bonchev–Trinajstić information content (AvgIpc) is 2.39. The van der Waals surface area contributed by atoms with E-state index in [1.165, 1.54) is 11.1 Å². The van der Waals surface area contributed by atoms with E-state index in [9.17, 15) is 5.11 Å². The predicted molar refractivity (Wildman–Crippen MR) is 81.7 cm³/mol. The molecule has 2 rings (SSSR count). The predicted octanol–water partition coefficient (Wildman–Crippen LogP) is 2.60. The Morgan fingerprint density at radius 2 is 2.05 bits per heavy atom. The van der Waals surface area contributed by atoms with Crippen molar-refractivity contribution < 1.29 is 9.84 Å². The summed E-state index contributed by atoms with van der Waals surface area (Å²) in [6.07, 6.45) is 3.05. The molecular formula is C17H27NO2. The van der Waals surface area contributed by atoms with Crippen LogP contribution >= 0.6 is 0 Å². The van der Waals surface area contributed by atoms with E-state index in [1.807, 2.05) is 19.1 Å². The van der Waals surface area contributed by atoms with Crippen molar-refractivity contribution in [1.82, 2.24) is 0 Å². The van der Waals surface area contributed by atoms with Gasteiger partial charge in [-0.3, -0.25) is 0 Å². The van der Waals surface area contributed by atoms with Crippen LogP contribution in [0.2, 0.25) is 0 Å². The van der Waals surface area contributed by atoms with E-state index in [-0.39, 0.29) is 12.0 Å². The number of rotatable bonds is 7. The van der Waals surface area contributed by atoms with Crippen LogP contribution in [0.15, 0.2) is 24.3 Å². The van der Waals surface area contributed by atoms with E-state index in [2.05, 4.69) is 19.1 Å². The monoisotopic (exact) mass is 277 g/mol. The highest BCUT2D eigenvalue weighted by molar-refractivity contribution is 5.30. The number of hydrogen-bond donors (Lipinski definition) is 2. The minimum absolute atomic E-state index is 0.0438. The second-order valence-electron chi connectivity index (χ2n) is 5.92. The standard InChI is InChI=1S/C17H27NO2/c1-3-20-14-8-13(9-14)10-17(19)16(11-18)15-7-5-4-6-12(15)2/h4-7,13-14,16-17,19H,3,8-11,18H2,1-2H3. The third kappa shape index (κ3) is 3.60. The van der Waals surface area contributed by atoms with Gasteiger partial charge in [0.15, 0.2) is 0 Å². The fraction of sp³-hybridized carbons (Fsp3) is 0.647. The van der Waals surface area contributed by atoms with Crippen molar-refractivity contribution in [2.24, 2.45) is 11.7 Å². The molecule has 3 N–H and O–H groups in total. The molecule has 1 aromatic rings. The molecule has 0 amide bonds. The van der Waals surface area contributed by atoms with Gasteiger partial charge in [0, 0.05) is 19.1 Å². The van der Waals surface area contributed by atoms with Gasteiger partial charge >= 0.3 is 0 Å². The van der Waals surface area contributed by atoms with E-state index in [4.69, 9.17) is 10.5 Å². The number of nitrogens with two attached hydrogens (primary N) is 1. The lowest BCUT2D eigenvalue weighted by atomic mass is 9.75. The van der Waals surface area contributed by atoms with Crippen LogP contribution in [-0.2, 0) is 4.74 Å². The van der Waals surface area contributed by atoms with E-state index >= 15 is 0 Å². The maximum atomic E-state index is 10.5. The van der Waals surface area contributed by atoms with Gasteiger partial charge in [0.25, 0.3) is 0 Å². The summed E-state index contributed by atoms with van der Waals surface area (Å²) in [5.41, 5.74) is 8.29. The average molecular weight is 277 g/mol. The van der Waals surface area contributed by atoms with Crippen LogP contribution in [-0.4, -0.2) is 30.5 Å². The molecule has 20 heavy (non-hydrogen) atoms. The highest BCUT2D eigenvalue weighted by Crippen LogP contribution is 2.36. The molecule has 1 fully saturated rings. The lowest BCUT2D eigenvalue weighted by Crippen LogP contribution is -2.36. The first-order chi connectivity index (χ1) is 9.65. The molecule has 3 heteroatoms. The van der Waals surface area contributed by atoms with Gasteiger partial charge in [-0.25, -0.2) is 0 Å². The summed E-state index contributed by atoms with van der Waals surface area (Å²) < 4.78 is 5.57. The Morgan fingerprint density at radius 3 is 2.65 bits per heavy atom. The van der Waals surface area contributed by atoms with Crippen LogP contribution in [0.1, 0.15) is 43.2 Å². The van der Waals surface area contributed by atoms with Crippen molar-refractivity contribution in [3.8, 4) is 0 Å². The second-order valence-corrected chi connectivity index (χ2v) is 5.92. The number of hydrogen-bond acceptors (Lipinski definition) is 3. The number of aliphatic hydroxyl groups is 1. The molecule has 1 aromatic carbocycles. The van der Waals surface area contributed by atoms with E-state index < -0.39 is 0 Å². The summed E-state index contributed by atoms with van der Waals surface area (Å²) >= 11 is 0. The third-order valence-electron chi connectivity index (χ3n) is 4.48. The van der Waals surface area contributed by atoms with Crippen LogP contribution in [0, 0.1) is 12.8 Å². The minimum atomic E-state index is -0.353. The molecule has 0 spiro atoms. The Kier molecular flexibility index (Phi) is 5.58. The molecule has 0 aromatic heterocycles. The van der Waals surface area contributed by atoms with Crippen molar-refractivity contribution in [1.29, 1.82) is 0 Å². The van der Waals surface area contributed by atoms with Crippen molar-refractivity contribution in [3.05, 3.63) is 35.4 Å². The fourth-order valence-electron chi connectivity index (χ4n) is 3.24. The molecule has 1 aliphatic rings. The molecule has 0 heterocycles. The van der Waals surface area contributed by atoms with Crippen LogP contribution < -0.4 is 5.73 Å². The Labute approximate surface area is 122 Å². The Balaban J connectivity index is 1.90. The SMILES string of the molecule is CCOC1CC(CC(O)C(CN)c2ccccc2C)C1. The van der Waals surface area contributed by atoms with Crippen molar-refractivity contribution >= 4 is 0 Å². The normalized spacial score (nSPS) is 25.0. The summed E-state index contributed by atoms with van der Waals surface area (Å²) in [5, 5.41) is 10.5. The second kappa shape index (κ2) is 7.21. The molecule has 2 unspecified atom stereocenters. The number of ether oxygens (including phenoxy) is 1. The quantitative estimate of drug-likeness (QED) is 0.805. The first-order valence-corrected chi connectivity index (χ1v) is 7.71. The van der Waals surface area contributed by atoms with Gasteiger partial charge in [0.1, 0.15) is 0 Å². The first-order valence-electron chi connectivity index (χ1n) is 7.71. The minimum Gasteiger partial charge on any atom is -0.392 e. The molecular weight excluding hydrogens is 250 g/mol. The zero-order valence-corrected chi connectivity index (χ0v) is 12.6. The molecule has 2 atom stereocenters. The van der Waals surface area contributed by atoms with E-state index in [1.54, 1.807) is 0 Å². The van der Waals surface area contributed by atoms with Gasteiger partial charge in [-0.2, -0.15) is 0 Å². The van der Waals surface area contributed by atoms with Crippen molar-refractivity contribution in [3.63, 3.8) is 0 Å². The van der Waals surface area contributed by atoms with Crippen LogP contribution in [0.3, 0.4) is 0 Å². The third-order valence-corrected chi connectivity index (χ3v) is 4.48. The zero-order valence-electron chi connectivity index (χ0n) is 12.6. The van der Waals surface area contributed by atoms with E-state index in [0.717, 1.165) is 25.9 Å². The van der Waals surface area contributed by atoms with Gasteiger partial charge in [-0.05, 0) is 50.2 Å². The summed E-state index contributed by atoms with van der Waals surface area (Å²) in [4.78, 5) is 0. The number of aryl methyl sites for hydroxylation is 1. The van der Waals surface area contributed by atoms with Crippen LogP contribution in [0.25, 0.3) is 0 Å². The Bertz CT molecular complexity index is 415. The van der Waals surface area contributed by atoms with Gasteiger partial charge in [-0.1, -0.05) is 24.3 Å². The Morgan fingerprint density at radius 1 is 1.35 bits per heavy atom. The number of aliphatic hydroxyl groups excluding tert-OH is 1. The molecule has 0 bridgehead atoms. The molecule has 0 radical (unpaired) electrons. The lowest BCUT2D eigenvalue weighted by Gasteiger charge is -2.37. The summed E-state index contributed by atoms with van der Waals surface area (Å²) in [6, 6.07) is 8.21. The largest absolute Gasteiger partial charge is 0.392 e. The molecule has 1 aliphatic carbocycles. The van der Waals surface area contributed by atoms with Gasteiger partial charge in [0.2, 0.25) is 0 Å². The summed E-state index contributed by atoms with van der Waals surface area (Å²) in [6.45, 7) is 5.40. The maximum Gasteiger partial charge on any atom is 0.0623 e. The van der Waals surface area contributed by atoms with Gasteiger partial charge in [0.05, 0.1) is 12.2 Å². The smallest absolute Gasteiger partial charge is 0.0623 e. The zero-order chi connectivity index (χ0) is 14.5. The van der Waals surface area contributed by atoms with Crippen LogP contribution in [0.5, 0.6) is 0 Å². The molecule has 0 saturated heterocycles. The first kappa shape index (κ1) is 15.5. The van der Waals surface area contributed by atoms with Crippen LogP contribution in [0.4, 0.5) is 0 Å². The maximum absolute atomic E-state index is 10.5. The molecule has 3 nitrogen and oxygen atoms in total. The van der Waals surface area contributed by atoms with Gasteiger partial charge < -0.3 is 15.6 Å². The molecule has 0 aliphatic heterocycles. The highest BCUT2D eigenvalue weighted by Gasteiger charge is 2.33. The lowest BCUT2D eigenvalue weighted by molar-refractivity contribution is -0.0398. The molecule has 1 saturated carbocycles. The topological polar surface area (TPSA) is 55.5 Å². The molecule has 112 valence electrons. The van der Waals surface area contributed by atoms with Crippen molar-refractivity contribution in [2.75, 3.05) is 13.2 Å². The number of benzene rings is 1. The summed E-state index contributed by atoms with van der Waals surface area (Å²) in [7, 11) is 0. The highest BCUT2D eigenvalue weighted by atomic mass is 16.5. The van der Waals surface area contributed by atoms with E-state index in [0.29, 0.717) is 18.6 Å².